The Bertz CT molecular complexity index is 886. The van der Waals surface area contributed by atoms with E-state index in [4.69, 9.17) is 4.74 Å². The van der Waals surface area contributed by atoms with Gasteiger partial charge in [0.1, 0.15) is 23.1 Å². The molecule has 0 atom stereocenters. The first-order valence-corrected chi connectivity index (χ1v) is 7.75. The number of amides is 1. The average Bonchev–Trinajstić information content (AvgIpc) is 2.61. The van der Waals surface area contributed by atoms with Gasteiger partial charge in [-0.2, -0.15) is 5.26 Å². The molecule has 0 saturated carbocycles. The predicted molar refractivity (Wildman–Crippen MR) is 96.0 cm³/mol. The molecular formula is C17H12BrN3O4. The number of nitrogens with one attached hydrogen (secondary N) is 1. The first-order valence-electron chi connectivity index (χ1n) is 6.95. The summed E-state index contributed by atoms with van der Waals surface area (Å²) in [6.45, 7) is 0. The van der Waals surface area contributed by atoms with Gasteiger partial charge in [0, 0.05) is 4.47 Å². The number of carbonyl (C=O) groups is 1. The molecule has 2 aromatic carbocycles. The Kier molecular flexibility index (Phi) is 5.87. The molecule has 0 fully saturated rings. The maximum Gasteiger partial charge on any atom is 0.296 e. The predicted octanol–water partition coefficient (Wildman–Crippen LogP) is 3.91. The number of ether oxygens (including phenoxy) is 1. The van der Waals surface area contributed by atoms with Crippen LogP contribution in [0.5, 0.6) is 5.75 Å². The lowest BCUT2D eigenvalue weighted by Gasteiger charge is -2.07. The molecule has 0 unspecified atom stereocenters. The number of hydrogen-bond acceptors (Lipinski definition) is 5. The normalized spacial score (nSPS) is 10.7. The third-order valence-electron chi connectivity index (χ3n) is 3.20. The maximum atomic E-state index is 12.3. The molecule has 0 radical (unpaired) electrons. The van der Waals surface area contributed by atoms with Crippen molar-refractivity contribution in [1.82, 2.24) is 0 Å². The standard InChI is InChI=1S/C17H12BrN3O4/c1-25-14-6-7-15(16(9-14)21(23)24)20-17(22)12(10-19)8-11-2-4-13(18)5-3-11/h2-9H,1H3,(H,20,22)/b12-8+. The van der Waals surface area contributed by atoms with Gasteiger partial charge in [-0.1, -0.05) is 28.1 Å². The van der Waals surface area contributed by atoms with Crippen LogP contribution < -0.4 is 10.1 Å². The molecule has 1 amide bonds. The van der Waals surface area contributed by atoms with Crippen LogP contribution in [0, 0.1) is 21.4 Å². The van der Waals surface area contributed by atoms with Crippen LogP contribution in [0.3, 0.4) is 0 Å². The summed E-state index contributed by atoms with van der Waals surface area (Å²) in [5, 5.41) is 22.7. The van der Waals surface area contributed by atoms with Gasteiger partial charge in [-0.05, 0) is 35.9 Å². The number of rotatable bonds is 5. The molecular weight excluding hydrogens is 390 g/mol. The van der Waals surface area contributed by atoms with Crippen molar-refractivity contribution in [1.29, 1.82) is 5.26 Å². The summed E-state index contributed by atoms with van der Waals surface area (Å²) >= 11 is 3.30. The van der Waals surface area contributed by atoms with Crippen molar-refractivity contribution in [3.8, 4) is 11.8 Å². The quantitative estimate of drug-likeness (QED) is 0.353. The Balaban J connectivity index is 2.30. The van der Waals surface area contributed by atoms with Crippen LogP contribution in [0.2, 0.25) is 0 Å². The fourth-order valence-electron chi connectivity index (χ4n) is 1.96. The molecule has 0 spiro atoms. The number of carbonyl (C=O) groups excluding carboxylic acids is 1. The Morgan fingerprint density at radius 1 is 1.32 bits per heavy atom. The molecule has 1 N–H and O–H groups in total. The van der Waals surface area contributed by atoms with Crippen LogP contribution >= 0.6 is 15.9 Å². The number of hydrogen-bond donors (Lipinski definition) is 1. The van der Waals surface area contributed by atoms with Gasteiger partial charge < -0.3 is 10.1 Å². The topological polar surface area (TPSA) is 105 Å². The number of nitro groups is 1. The number of nitro benzene ring substituents is 1. The number of halogens is 1. The molecule has 2 aromatic rings. The second kappa shape index (κ2) is 8.08. The van der Waals surface area contributed by atoms with E-state index in [-0.39, 0.29) is 22.7 Å². The minimum atomic E-state index is -0.737. The number of benzene rings is 2. The van der Waals surface area contributed by atoms with Crippen LogP contribution in [0.25, 0.3) is 6.08 Å². The number of anilines is 1. The van der Waals surface area contributed by atoms with Gasteiger partial charge in [-0.3, -0.25) is 14.9 Å². The van der Waals surface area contributed by atoms with Crippen molar-refractivity contribution in [3.63, 3.8) is 0 Å². The van der Waals surface area contributed by atoms with E-state index < -0.39 is 10.8 Å². The van der Waals surface area contributed by atoms with Gasteiger partial charge in [0.2, 0.25) is 0 Å². The molecule has 7 nitrogen and oxygen atoms in total. The van der Waals surface area contributed by atoms with E-state index >= 15 is 0 Å². The fraction of sp³-hybridized carbons (Fsp3) is 0.0588. The SMILES string of the molecule is COc1ccc(NC(=O)/C(C#N)=C/c2ccc(Br)cc2)c([N+](=O)[O-])c1. The molecule has 0 saturated heterocycles. The second-order valence-corrected chi connectivity index (χ2v) is 5.73. The first kappa shape index (κ1) is 18.2. The van der Waals surface area contributed by atoms with Gasteiger partial charge in [0.05, 0.1) is 18.1 Å². The van der Waals surface area contributed by atoms with Gasteiger partial charge in [0.25, 0.3) is 11.6 Å². The largest absolute Gasteiger partial charge is 0.496 e. The molecule has 2 rings (SSSR count). The van der Waals surface area contributed by atoms with Crippen molar-refractivity contribution >= 4 is 39.3 Å². The highest BCUT2D eigenvalue weighted by atomic mass is 79.9. The second-order valence-electron chi connectivity index (χ2n) is 4.82. The van der Waals surface area contributed by atoms with Crippen LogP contribution in [-0.2, 0) is 4.79 Å². The first-order chi connectivity index (χ1) is 11.9. The van der Waals surface area contributed by atoms with E-state index in [0.717, 1.165) is 4.47 Å². The highest BCUT2D eigenvalue weighted by Gasteiger charge is 2.19. The molecule has 0 aliphatic rings. The molecule has 8 heteroatoms. The molecule has 126 valence electrons. The summed E-state index contributed by atoms with van der Waals surface area (Å²) < 4.78 is 5.80. The molecule has 0 bridgehead atoms. The summed E-state index contributed by atoms with van der Waals surface area (Å²) in [7, 11) is 1.38. The summed E-state index contributed by atoms with van der Waals surface area (Å²) in [6.07, 6.45) is 1.40. The van der Waals surface area contributed by atoms with E-state index in [9.17, 15) is 20.2 Å². The lowest BCUT2D eigenvalue weighted by atomic mass is 10.1. The molecule has 0 aromatic heterocycles. The van der Waals surface area contributed by atoms with Crippen molar-refractivity contribution in [3.05, 3.63) is 68.2 Å². The van der Waals surface area contributed by atoms with E-state index in [0.29, 0.717) is 5.56 Å². The number of nitrogens with zero attached hydrogens (tertiary/aromatic N) is 2. The molecule has 0 heterocycles. The minimum absolute atomic E-state index is 0.0206. The number of nitriles is 1. The lowest BCUT2D eigenvalue weighted by Crippen LogP contribution is -2.14. The van der Waals surface area contributed by atoms with E-state index in [1.54, 1.807) is 30.3 Å². The highest BCUT2D eigenvalue weighted by Crippen LogP contribution is 2.29. The molecule has 0 aliphatic carbocycles. The Morgan fingerprint density at radius 3 is 2.56 bits per heavy atom. The third-order valence-corrected chi connectivity index (χ3v) is 3.72. The van der Waals surface area contributed by atoms with Crippen molar-refractivity contribution in [2.45, 2.75) is 0 Å². The summed E-state index contributed by atoms with van der Waals surface area (Å²) in [5.41, 5.74) is 0.132. The zero-order valence-electron chi connectivity index (χ0n) is 13.0. The Morgan fingerprint density at radius 2 is 2.00 bits per heavy atom. The van der Waals surface area contributed by atoms with Gasteiger partial charge in [0.15, 0.2) is 0 Å². The van der Waals surface area contributed by atoms with Crippen molar-refractivity contribution in [2.75, 3.05) is 12.4 Å². The van der Waals surface area contributed by atoms with Gasteiger partial charge in [-0.25, -0.2) is 0 Å². The smallest absolute Gasteiger partial charge is 0.296 e. The van der Waals surface area contributed by atoms with E-state index in [1.807, 2.05) is 0 Å². The average molecular weight is 402 g/mol. The van der Waals surface area contributed by atoms with Crippen LogP contribution in [0.4, 0.5) is 11.4 Å². The van der Waals surface area contributed by atoms with Crippen LogP contribution in [0.15, 0.2) is 52.5 Å². The summed E-state index contributed by atoms with van der Waals surface area (Å²) in [6, 6.07) is 12.8. The Labute approximate surface area is 151 Å². The van der Waals surface area contributed by atoms with Crippen LogP contribution in [0.1, 0.15) is 5.56 Å². The monoisotopic (exact) mass is 401 g/mol. The lowest BCUT2D eigenvalue weighted by molar-refractivity contribution is -0.384. The van der Waals surface area contributed by atoms with Crippen molar-refractivity contribution in [2.24, 2.45) is 0 Å². The maximum absolute atomic E-state index is 12.3. The van der Waals surface area contributed by atoms with E-state index in [2.05, 4.69) is 21.2 Å². The van der Waals surface area contributed by atoms with Crippen molar-refractivity contribution < 1.29 is 14.5 Å². The van der Waals surface area contributed by atoms with Gasteiger partial charge >= 0.3 is 0 Å². The highest BCUT2D eigenvalue weighted by molar-refractivity contribution is 9.10. The zero-order chi connectivity index (χ0) is 18.4. The molecule has 25 heavy (non-hydrogen) atoms. The number of methoxy groups -OCH3 is 1. The van der Waals surface area contributed by atoms with E-state index in [1.165, 1.54) is 31.4 Å². The summed E-state index contributed by atoms with van der Waals surface area (Å²) in [5.74, 6) is -0.450. The minimum Gasteiger partial charge on any atom is -0.496 e. The zero-order valence-corrected chi connectivity index (χ0v) is 14.6. The van der Waals surface area contributed by atoms with Gasteiger partial charge in [-0.15, -0.1) is 0 Å². The Hall–Kier alpha value is -3.18. The van der Waals surface area contributed by atoms with Crippen LogP contribution in [-0.4, -0.2) is 17.9 Å². The molecule has 0 aliphatic heterocycles. The fourth-order valence-corrected chi connectivity index (χ4v) is 2.22. The summed E-state index contributed by atoms with van der Waals surface area (Å²) in [4.78, 5) is 22.8. The third kappa shape index (κ3) is 4.65.